The van der Waals surface area contributed by atoms with Crippen LogP contribution in [0.1, 0.15) is 48.9 Å². The Kier molecular flexibility index (Phi) is 3.99. The first-order valence-corrected chi connectivity index (χ1v) is 9.43. The zero-order valence-electron chi connectivity index (χ0n) is 14.9. The zero-order valence-corrected chi connectivity index (χ0v) is 14.9. The Morgan fingerprint density at radius 3 is 2.85 bits per heavy atom. The average molecular weight is 364 g/mol. The van der Waals surface area contributed by atoms with E-state index in [1.54, 1.807) is 18.5 Å². The van der Waals surface area contributed by atoms with E-state index in [0.717, 1.165) is 36.6 Å². The molecule has 2 fully saturated rings. The lowest BCUT2D eigenvalue weighted by Crippen LogP contribution is -2.23. The van der Waals surface area contributed by atoms with Crippen LogP contribution in [0.4, 0.5) is 21.8 Å². The van der Waals surface area contributed by atoms with Gasteiger partial charge >= 0.3 is 0 Å². The Morgan fingerprint density at radius 1 is 1.07 bits per heavy atom. The van der Waals surface area contributed by atoms with Crippen molar-refractivity contribution in [1.82, 2.24) is 20.2 Å². The van der Waals surface area contributed by atoms with Gasteiger partial charge in [-0.15, -0.1) is 0 Å². The fourth-order valence-corrected chi connectivity index (χ4v) is 3.81. The predicted octanol–water partition coefficient (Wildman–Crippen LogP) is 4.30. The summed E-state index contributed by atoms with van der Waals surface area (Å²) in [5.74, 6) is 2.75. The Labute approximate surface area is 156 Å². The normalized spacial score (nSPS) is 19.4. The lowest BCUT2D eigenvalue weighted by Gasteiger charge is -2.26. The Balaban J connectivity index is 1.37. The van der Waals surface area contributed by atoms with Gasteiger partial charge in [0, 0.05) is 30.3 Å². The molecule has 0 amide bonds. The monoisotopic (exact) mass is 364 g/mol. The van der Waals surface area contributed by atoms with E-state index >= 15 is 0 Å². The van der Waals surface area contributed by atoms with Crippen molar-refractivity contribution >= 4 is 17.5 Å². The standard InChI is InChI=1S/C20H21FN6/c21-15-4-1-3-14(9-15)17-5-2-8-27(17)20-11-18(22-12-23-20)24-19-10-16(25-26-19)13-6-7-13/h1,3-4,9-13,17H,2,5-8H2,(H2,22,23,24,25,26). The van der Waals surface area contributed by atoms with Crippen molar-refractivity contribution in [2.24, 2.45) is 0 Å². The van der Waals surface area contributed by atoms with Crippen molar-refractivity contribution in [3.05, 3.63) is 59.8 Å². The molecule has 6 nitrogen and oxygen atoms in total. The lowest BCUT2D eigenvalue weighted by atomic mass is 10.0. The highest BCUT2D eigenvalue weighted by atomic mass is 19.1. The summed E-state index contributed by atoms with van der Waals surface area (Å²) in [6, 6.07) is 11.0. The number of rotatable bonds is 5. The van der Waals surface area contributed by atoms with E-state index in [2.05, 4.69) is 30.4 Å². The van der Waals surface area contributed by atoms with Gasteiger partial charge in [-0.05, 0) is 43.4 Å². The molecule has 1 atom stereocenters. The van der Waals surface area contributed by atoms with E-state index in [1.807, 2.05) is 18.2 Å². The number of aromatic nitrogens is 4. The summed E-state index contributed by atoms with van der Waals surface area (Å²) in [5.41, 5.74) is 2.17. The molecule has 1 aliphatic carbocycles. The van der Waals surface area contributed by atoms with E-state index in [1.165, 1.54) is 24.6 Å². The Morgan fingerprint density at radius 2 is 2.00 bits per heavy atom. The van der Waals surface area contributed by atoms with Crippen LogP contribution in [0.15, 0.2) is 42.7 Å². The molecule has 3 aromatic rings. The highest BCUT2D eigenvalue weighted by Crippen LogP contribution is 2.40. The summed E-state index contributed by atoms with van der Waals surface area (Å²) in [5, 5.41) is 10.7. The first-order chi connectivity index (χ1) is 13.3. The van der Waals surface area contributed by atoms with Crippen molar-refractivity contribution in [3.8, 4) is 0 Å². The van der Waals surface area contributed by atoms with Crippen LogP contribution in [0.2, 0.25) is 0 Å². The van der Waals surface area contributed by atoms with Crippen molar-refractivity contribution in [2.45, 2.75) is 37.6 Å². The Bertz CT molecular complexity index is 951. The zero-order chi connectivity index (χ0) is 18.2. The van der Waals surface area contributed by atoms with Crippen LogP contribution in [0.3, 0.4) is 0 Å². The van der Waals surface area contributed by atoms with Gasteiger partial charge in [0.1, 0.15) is 23.8 Å². The molecular formula is C20H21FN6. The van der Waals surface area contributed by atoms with Crippen LogP contribution in [-0.2, 0) is 0 Å². The molecule has 138 valence electrons. The first kappa shape index (κ1) is 16.2. The summed E-state index contributed by atoms with van der Waals surface area (Å²) in [4.78, 5) is 11.0. The van der Waals surface area contributed by atoms with Crippen molar-refractivity contribution in [2.75, 3.05) is 16.8 Å². The van der Waals surface area contributed by atoms with Gasteiger partial charge in [0.15, 0.2) is 5.82 Å². The van der Waals surface area contributed by atoms with Gasteiger partial charge in [0.2, 0.25) is 0 Å². The van der Waals surface area contributed by atoms with E-state index in [0.29, 0.717) is 11.7 Å². The minimum Gasteiger partial charge on any atom is -0.349 e. The number of halogens is 1. The molecular weight excluding hydrogens is 343 g/mol. The van der Waals surface area contributed by atoms with Gasteiger partial charge in [0.25, 0.3) is 0 Å². The number of anilines is 3. The molecule has 1 saturated heterocycles. The fraction of sp³-hybridized carbons (Fsp3) is 0.350. The van der Waals surface area contributed by atoms with E-state index in [9.17, 15) is 4.39 Å². The van der Waals surface area contributed by atoms with Crippen LogP contribution >= 0.6 is 0 Å². The number of hydrogen-bond acceptors (Lipinski definition) is 5. The quantitative estimate of drug-likeness (QED) is 0.706. The summed E-state index contributed by atoms with van der Waals surface area (Å²) < 4.78 is 13.7. The largest absolute Gasteiger partial charge is 0.349 e. The third kappa shape index (κ3) is 3.37. The van der Waals surface area contributed by atoms with Crippen molar-refractivity contribution in [1.29, 1.82) is 0 Å². The summed E-state index contributed by atoms with van der Waals surface area (Å²) >= 11 is 0. The fourth-order valence-electron chi connectivity index (χ4n) is 3.81. The van der Waals surface area contributed by atoms with Crippen LogP contribution in [0.5, 0.6) is 0 Å². The molecule has 5 rings (SSSR count). The molecule has 0 bridgehead atoms. The van der Waals surface area contributed by atoms with E-state index in [4.69, 9.17) is 0 Å². The molecule has 7 heteroatoms. The SMILES string of the molecule is Fc1cccc(C2CCCN2c2cc(Nc3cc(C4CC4)[nH]n3)ncn2)c1. The maximum absolute atomic E-state index is 13.7. The second-order valence-corrected chi connectivity index (χ2v) is 7.28. The van der Waals surface area contributed by atoms with Gasteiger partial charge < -0.3 is 10.2 Å². The van der Waals surface area contributed by atoms with Crippen LogP contribution < -0.4 is 10.2 Å². The molecule has 1 saturated carbocycles. The first-order valence-electron chi connectivity index (χ1n) is 9.43. The maximum Gasteiger partial charge on any atom is 0.153 e. The van der Waals surface area contributed by atoms with Gasteiger partial charge in [-0.1, -0.05) is 12.1 Å². The average Bonchev–Trinajstić information content (AvgIpc) is 3.22. The number of aromatic amines is 1. The summed E-state index contributed by atoms with van der Waals surface area (Å²) in [6.07, 6.45) is 6.07. The molecule has 2 aromatic heterocycles. The molecule has 1 aliphatic heterocycles. The molecule has 0 radical (unpaired) electrons. The summed E-state index contributed by atoms with van der Waals surface area (Å²) in [6.45, 7) is 0.895. The van der Waals surface area contributed by atoms with Crippen molar-refractivity contribution < 1.29 is 4.39 Å². The molecule has 0 spiro atoms. The summed E-state index contributed by atoms with van der Waals surface area (Å²) in [7, 11) is 0. The number of nitrogens with one attached hydrogen (secondary N) is 2. The molecule has 3 heterocycles. The third-order valence-electron chi connectivity index (χ3n) is 5.30. The predicted molar refractivity (Wildman–Crippen MR) is 102 cm³/mol. The topological polar surface area (TPSA) is 69.7 Å². The van der Waals surface area contributed by atoms with Gasteiger partial charge in [-0.25, -0.2) is 14.4 Å². The molecule has 27 heavy (non-hydrogen) atoms. The van der Waals surface area contributed by atoms with Gasteiger partial charge in [-0.2, -0.15) is 5.10 Å². The van der Waals surface area contributed by atoms with E-state index < -0.39 is 0 Å². The minimum atomic E-state index is -0.200. The minimum absolute atomic E-state index is 0.135. The number of hydrogen-bond donors (Lipinski definition) is 2. The number of H-pyrrole nitrogens is 1. The van der Waals surface area contributed by atoms with Crippen LogP contribution in [0, 0.1) is 5.82 Å². The lowest BCUT2D eigenvalue weighted by molar-refractivity contribution is 0.618. The van der Waals surface area contributed by atoms with Gasteiger partial charge in [0.05, 0.1) is 6.04 Å². The van der Waals surface area contributed by atoms with E-state index in [-0.39, 0.29) is 11.9 Å². The molecule has 1 aromatic carbocycles. The van der Waals surface area contributed by atoms with Crippen molar-refractivity contribution in [3.63, 3.8) is 0 Å². The third-order valence-corrected chi connectivity index (χ3v) is 5.30. The van der Waals surface area contributed by atoms with Crippen LogP contribution in [0.25, 0.3) is 0 Å². The molecule has 2 aliphatic rings. The second-order valence-electron chi connectivity index (χ2n) is 7.28. The smallest absolute Gasteiger partial charge is 0.153 e. The van der Waals surface area contributed by atoms with Gasteiger partial charge in [-0.3, -0.25) is 5.10 Å². The number of benzene rings is 1. The molecule has 1 unspecified atom stereocenters. The second kappa shape index (κ2) is 6.64. The number of nitrogens with zero attached hydrogens (tertiary/aromatic N) is 4. The van der Waals surface area contributed by atoms with Crippen LogP contribution in [-0.4, -0.2) is 26.7 Å². The maximum atomic E-state index is 13.7. The Hall–Kier alpha value is -2.96. The molecule has 2 N–H and O–H groups in total. The highest BCUT2D eigenvalue weighted by Gasteiger charge is 2.28. The highest BCUT2D eigenvalue weighted by molar-refractivity contribution is 5.57.